The lowest BCUT2D eigenvalue weighted by Crippen LogP contribution is -1.95. The molecule has 1 rings (SSSR count). The first-order valence-corrected chi connectivity index (χ1v) is 4.83. The molecule has 0 fully saturated rings. The summed E-state index contributed by atoms with van der Waals surface area (Å²) in [4.78, 5) is 3.76. The molecular formula is C7H5Br2F2NO. The predicted molar refractivity (Wildman–Crippen MR) is 51.1 cm³/mol. The van der Waals surface area contributed by atoms with Crippen molar-refractivity contribution in [1.29, 1.82) is 0 Å². The van der Waals surface area contributed by atoms with Gasteiger partial charge in [-0.3, -0.25) is 0 Å². The van der Waals surface area contributed by atoms with Crippen molar-refractivity contribution < 1.29 is 13.5 Å². The fourth-order valence-electron chi connectivity index (χ4n) is 0.773. The highest BCUT2D eigenvalue weighted by molar-refractivity contribution is 9.11. The molecule has 13 heavy (non-hydrogen) atoms. The highest BCUT2D eigenvalue weighted by Crippen LogP contribution is 2.34. The lowest BCUT2D eigenvalue weighted by molar-refractivity contribution is 0.149. The monoisotopic (exact) mass is 315 g/mol. The van der Waals surface area contributed by atoms with Gasteiger partial charge in [-0.2, -0.15) is 0 Å². The molecule has 0 aliphatic carbocycles. The Hall–Kier alpha value is -0.230. The van der Waals surface area contributed by atoms with E-state index in [-0.39, 0.29) is 20.5 Å². The SMILES string of the molecule is COc1cc(Br)c(C(F)F)c(Br)n1. The maximum Gasteiger partial charge on any atom is 0.267 e. The second-order valence-corrected chi connectivity index (χ2v) is 3.76. The first kappa shape index (κ1) is 10.8. The molecule has 0 saturated heterocycles. The Morgan fingerprint density at radius 1 is 1.46 bits per heavy atom. The lowest BCUT2D eigenvalue weighted by Gasteiger charge is -2.07. The molecule has 0 aliphatic heterocycles. The molecule has 0 N–H and O–H groups in total. The Kier molecular flexibility index (Phi) is 3.61. The normalized spacial score (nSPS) is 10.6. The van der Waals surface area contributed by atoms with Crippen molar-refractivity contribution in [1.82, 2.24) is 4.98 Å². The minimum atomic E-state index is -2.57. The average molecular weight is 317 g/mol. The summed E-state index contributed by atoms with van der Waals surface area (Å²) in [5.41, 5.74) is -0.166. The lowest BCUT2D eigenvalue weighted by atomic mass is 10.3. The van der Waals surface area contributed by atoms with Crippen molar-refractivity contribution in [2.45, 2.75) is 6.43 Å². The van der Waals surface area contributed by atoms with Gasteiger partial charge < -0.3 is 4.74 Å². The molecule has 1 heterocycles. The zero-order valence-electron chi connectivity index (χ0n) is 6.52. The zero-order valence-corrected chi connectivity index (χ0v) is 9.69. The van der Waals surface area contributed by atoms with Crippen LogP contribution in [0, 0.1) is 0 Å². The van der Waals surface area contributed by atoms with Crippen LogP contribution in [0.15, 0.2) is 15.1 Å². The molecule has 0 saturated carbocycles. The molecule has 0 aliphatic rings. The van der Waals surface area contributed by atoms with Gasteiger partial charge in [-0.15, -0.1) is 0 Å². The van der Waals surface area contributed by atoms with E-state index >= 15 is 0 Å². The second kappa shape index (κ2) is 4.32. The van der Waals surface area contributed by atoms with E-state index in [1.807, 2.05) is 0 Å². The third-order valence-corrected chi connectivity index (χ3v) is 2.63. The molecule has 0 spiro atoms. The number of aromatic nitrogens is 1. The molecule has 1 aromatic heterocycles. The first-order chi connectivity index (χ1) is 6.06. The average Bonchev–Trinajstić information content (AvgIpc) is 2.02. The number of halogens is 4. The summed E-state index contributed by atoms with van der Waals surface area (Å²) >= 11 is 5.95. The topological polar surface area (TPSA) is 22.1 Å². The Morgan fingerprint density at radius 2 is 2.08 bits per heavy atom. The molecular weight excluding hydrogens is 312 g/mol. The maximum atomic E-state index is 12.4. The van der Waals surface area contributed by atoms with Gasteiger partial charge in [-0.1, -0.05) is 15.9 Å². The van der Waals surface area contributed by atoms with E-state index in [0.717, 1.165) is 0 Å². The third-order valence-electron chi connectivity index (χ3n) is 1.37. The number of ether oxygens (including phenoxy) is 1. The van der Waals surface area contributed by atoms with E-state index in [1.54, 1.807) is 0 Å². The predicted octanol–water partition coefficient (Wildman–Crippen LogP) is 3.55. The second-order valence-electron chi connectivity index (χ2n) is 2.15. The van der Waals surface area contributed by atoms with Gasteiger partial charge in [0.2, 0.25) is 5.88 Å². The van der Waals surface area contributed by atoms with Crippen molar-refractivity contribution >= 4 is 31.9 Å². The van der Waals surface area contributed by atoms with E-state index in [4.69, 9.17) is 4.74 Å². The molecule has 6 heteroatoms. The van der Waals surface area contributed by atoms with Gasteiger partial charge in [0.15, 0.2) is 0 Å². The molecule has 0 atom stereocenters. The number of rotatable bonds is 2. The van der Waals surface area contributed by atoms with Crippen LogP contribution in [0.3, 0.4) is 0 Å². The number of nitrogens with zero attached hydrogens (tertiary/aromatic N) is 1. The van der Waals surface area contributed by atoms with Gasteiger partial charge in [0.25, 0.3) is 6.43 Å². The van der Waals surface area contributed by atoms with Crippen LogP contribution >= 0.6 is 31.9 Å². The fourth-order valence-corrected chi connectivity index (χ4v) is 2.16. The van der Waals surface area contributed by atoms with E-state index < -0.39 is 6.43 Å². The van der Waals surface area contributed by atoms with E-state index in [1.165, 1.54) is 13.2 Å². The van der Waals surface area contributed by atoms with Gasteiger partial charge in [0.05, 0.1) is 12.7 Å². The molecule has 0 amide bonds. The number of hydrogen-bond acceptors (Lipinski definition) is 2. The van der Waals surface area contributed by atoms with Crippen LogP contribution in [0.5, 0.6) is 5.88 Å². The number of hydrogen-bond donors (Lipinski definition) is 0. The fraction of sp³-hybridized carbons (Fsp3) is 0.286. The van der Waals surface area contributed by atoms with Crippen LogP contribution in [0.25, 0.3) is 0 Å². The zero-order chi connectivity index (χ0) is 10.0. The standard InChI is InChI=1S/C7H5Br2F2NO/c1-13-4-2-3(8)5(7(10)11)6(9)12-4/h2,7H,1H3. The third kappa shape index (κ3) is 2.37. The number of pyridine rings is 1. The summed E-state index contributed by atoms with van der Waals surface area (Å²) in [5, 5.41) is 0. The van der Waals surface area contributed by atoms with Gasteiger partial charge in [0.1, 0.15) is 4.60 Å². The summed E-state index contributed by atoms with van der Waals surface area (Å²) in [6.07, 6.45) is -2.57. The van der Waals surface area contributed by atoms with Gasteiger partial charge in [-0.25, -0.2) is 13.8 Å². The Bertz CT molecular complexity index is 296. The first-order valence-electron chi connectivity index (χ1n) is 3.24. The highest BCUT2D eigenvalue weighted by Gasteiger charge is 2.18. The van der Waals surface area contributed by atoms with Crippen LogP contribution < -0.4 is 4.74 Å². The van der Waals surface area contributed by atoms with Crippen molar-refractivity contribution in [3.8, 4) is 5.88 Å². The summed E-state index contributed by atoms with van der Waals surface area (Å²) in [6, 6.07) is 1.40. The van der Waals surface area contributed by atoms with Gasteiger partial charge >= 0.3 is 0 Å². The van der Waals surface area contributed by atoms with Crippen molar-refractivity contribution in [3.05, 3.63) is 20.7 Å². The van der Waals surface area contributed by atoms with Crippen LogP contribution in [0.4, 0.5) is 8.78 Å². The smallest absolute Gasteiger partial charge is 0.267 e. The Balaban J connectivity index is 3.23. The van der Waals surface area contributed by atoms with Gasteiger partial charge in [0, 0.05) is 10.5 Å². The minimum absolute atomic E-state index is 0.0914. The van der Waals surface area contributed by atoms with Crippen LogP contribution in [-0.4, -0.2) is 12.1 Å². The molecule has 72 valence electrons. The van der Waals surface area contributed by atoms with Crippen molar-refractivity contribution in [2.75, 3.05) is 7.11 Å². The van der Waals surface area contributed by atoms with Crippen molar-refractivity contribution in [2.24, 2.45) is 0 Å². The van der Waals surface area contributed by atoms with E-state index in [9.17, 15) is 8.78 Å². The van der Waals surface area contributed by atoms with Gasteiger partial charge in [-0.05, 0) is 15.9 Å². The van der Waals surface area contributed by atoms with Crippen molar-refractivity contribution in [3.63, 3.8) is 0 Å². The highest BCUT2D eigenvalue weighted by atomic mass is 79.9. The summed E-state index contributed by atoms with van der Waals surface area (Å²) in [6.45, 7) is 0. The van der Waals surface area contributed by atoms with Crippen LogP contribution in [-0.2, 0) is 0 Å². The summed E-state index contributed by atoms with van der Waals surface area (Å²) in [7, 11) is 1.42. The summed E-state index contributed by atoms with van der Waals surface area (Å²) < 4.78 is 29.9. The maximum absolute atomic E-state index is 12.4. The molecule has 1 aromatic rings. The molecule has 0 bridgehead atoms. The van der Waals surface area contributed by atoms with Crippen LogP contribution in [0.1, 0.15) is 12.0 Å². The van der Waals surface area contributed by atoms with E-state index in [0.29, 0.717) is 0 Å². The van der Waals surface area contributed by atoms with Crippen LogP contribution in [0.2, 0.25) is 0 Å². The number of methoxy groups -OCH3 is 1. The Labute approximate surface area is 90.6 Å². The number of alkyl halides is 2. The minimum Gasteiger partial charge on any atom is -0.481 e. The largest absolute Gasteiger partial charge is 0.481 e. The summed E-state index contributed by atoms with van der Waals surface area (Å²) in [5.74, 6) is 0.281. The Morgan fingerprint density at radius 3 is 2.46 bits per heavy atom. The molecule has 2 nitrogen and oxygen atoms in total. The molecule has 0 aromatic carbocycles. The molecule has 0 radical (unpaired) electrons. The quantitative estimate of drug-likeness (QED) is 0.778. The molecule has 0 unspecified atom stereocenters. The van der Waals surface area contributed by atoms with E-state index in [2.05, 4.69) is 36.8 Å².